The molecule has 0 aromatic heterocycles. The number of benzene rings is 1. The third-order valence-electron chi connectivity index (χ3n) is 5.44. The molecular weight excluding hydrogens is 460 g/mol. The Morgan fingerprint density at radius 3 is 2.67 bits per heavy atom. The lowest BCUT2D eigenvalue weighted by Gasteiger charge is -2.26. The van der Waals surface area contributed by atoms with Crippen molar-refractivity contribution in [2.24, 2.45) is 10.4 Å². The van der Waals surface area contributed by atoms with Gasteiger partial charge in [0.05, 0.1) is 6.54 Å². The van der Waals surface area contributed by atoms with Crippen LogP contribution < -0.4 is 10.1 Å². The highest BCUT2D eigenvalue weighted by atomic mass is 127. The van der Waals surface area contributed by atoms with Gasteiger partial charge in [-0.3, -0.25) is 4.99 Å². The molecule has 0 bridgehead atoms. The number of nitrogens with zero attached hydrogens (tertiary/aromatic N) is 2. The maximum atomic E-state index is 12.9. The van der Waals surface area contributed by atoms with Gasteiger partial charge in [-0.1, -0.05) is 12.8 Å². The molecule has 3 rings (SSSR count). The van der Waals surface area contributed by atoms with Crippen molar-refractivity contribution >= 4 is 29.9 Å². The Morgan fingerprint density at radius 1 is 1.30 bits per heavy atom. The van der Waals surface area contributed by atoms with E-state index in [2.05, 4.69) is 22.1 Å². The number of aliphatic imine (C=N–C) groups is 1. The molecule has 1 spiro atoms. The Labute approximate surface area is 178 Å². The topological polar surface area (TPSA) is 57.1 Å². The highest BCUT2D eigenvalue weighted by Gasteiger charge is 2.41. The second-order valence-corrected chi connectivity index (χ2v) is 7.49. The fraction of sp³-hybridized carbons (Fsp3) is 0.650. The lowest BCUT2D eigenvalue weighted by Crippen LogP contribution is -2.41. The number of hydrogen-bond donors (Lipinski definition) is 2. The molecule has 1 saturated heterocycles. The molecule has 2 aliphatic rings. The van der Waals surface area contributed by atoms with Crippen LogP contribution in [0.1, 0.15) is 39.0 Å². The monoisotopic (exact) mass is 491 g/mol. The summed E-state index contributed by atoms with van der Waals surface area (Å²) < 4.78 is 18.4. The normalized spacial score (nSPS) is 19.8. The van der Waals surface area contributed by atoms with E-state index in [0.717, 1.165) is 25.6 Å². The van der Waals surface area contributed by atoms with Gasteiger partial charge in [-0.25, -0.2) is 4.39 Å². The summed E-state index contributed by atoms with van der Waals surface area (Å²) in [5.41, 5.74) is 0.487. The summed E-state index contributed by atoms with van der Waals surface area (Å²) in [6.45, 7) is 5.40. The van der Waals surface area contributed by atoms with Crippen molar-refractivity contribution in [1.29, 1.82) is 0 Å². The zero-order valence-corrected chi connectivity index (χ0v) is 18.3. The summed E-state index contributed by atoms with van der Waals surface area (Å²) in [6, 6.07) is 5.80. The molecule has 2 N–H and O–H groups in total. The fourth-order valence-electron chi connectivity index (χ4n) is 4.04. The van der Waals surface area contributed by atoms with E-state index < -0.39 is 6.10 Å². The minimum Gasteiger partial charge on any atom is -0.491 e. The largest absolute Gasteiger partial charge is 0.491 e. The molecule has 1 aromatic rings. The van der Waals surface area contributed by atoms with Gasteiger partial charge in [-0.15, -0.1) is 24.0 Å². The van der Waals surface area contributed by atoms with Crippen LogP contribution in [-0.4, -0.2) is 54.9 Å². The lowest BCUT2D eigenvalue weighted by atomic mass is 9.86. The molecule has 5 nitrogen and oxygen atoms in total. The summed E-state index contributed by atoms with van der Waals surface area (Å²) in [5, 5.41) is 13.5. The first-order valence-electron chi connectivity index (χ1n) is 9.70. The zero-order chi connectivity index (χ0) is 18.4. The van der Waals surface area contributed by atoms with Crippen molar-refractivity contribution in [3.63, 3.8) is 0 Å². The van der Waals surface area contributed by atoms with Crippen LogP contribution in [0.4, 0.5) is 4.39 Å². The SMILES string of the molecule is CCNC(=NCC(O)COc1ccc(F)cc1)N1CCC2(CCCC2)C1.I. The molecule has 1 aliphatic heterocycles. The van der Waals surface area contributed by atoms with E-state index in [-0.39, 0.29) is 42.9 Å². The molecule has 2 fully saturated rings. The minimum atomic E-state index is -0.697. The van der Waals surface area contributed by atoms with Gasteiger partial charge in [-0.05, 0) is 55.9 Å². The van der Waals surface area contributed by atoms with Crippen LogP contribution >= 0.6 is 24.0 Å². The number of rotatable bonds is 6. The number of guanidine groups is 1. The van der Waals surface area contributed by atoms with Crippen LogP contribution in [0.5, 0.6) is 5.75 Å². The number of likely N-dealkylation sites (tertiary alicyclic amines) is 1. The van der Waals surface area contributed by atoms with Gasteiger partial charge in [0.1, 0.15) is 24.3 Å². The zero-order valence-electron chi connectivity index (χ0n) is 16.0. The molecule has 0 radical (unpaired) electrons. The van der Waals surface area contributed by atoms with E-state index in [1.807, 2.05) is 0 Å². The summed E-state index contributed by atoms with van der Waals surface area (Å²) in [6.07, 6.45) is 5.90. The van der Waals surface area contributed by atoms with E-state index in [1.54, 1.807) is 12.1 Å². The van der Waals surface area contributed by atoms with E-state index >= 15 is 0 Å². The molecule has 1 atom stereocenters. The smallest absolute Gasteiger partial charge is 0.194 e. The van der Waals surface area contributed by atoms with E-state index in [0.29, 0.717) is 11.2 Å². The number of ether oxygens (including phenoxy) is 1. The molecule has 0 amide bonds. The van der Waals surface area contributed by atoms with E-state index in [1.165, 1.54) is 44.2 Å². The average molecular weight is 491 g/mol. The molecule has 7 heteroatoms. The standard InChI is InChI=1S/C20H30FN3O2.HI/c1-2-22-19(24-12-11-20(15-24)9-3-4-10-20)23-13-17(25)14-26-18-7-5-16(21)6-8-18;/h5-8,17,25H,2-4,9-15H2,1H3,(H,22,23);1H. The molecule has 1 unspecified atom stereocenters. The lowest BCUT2D eigenvalue weighted by molar-refractivity contribution is 0.114. The van der Waals surface area contributed by atoms with Crippen molar-refractivity contribution < 1.29 is 14.2 Å². The predicted molar refractivity (Wildman–Crippen MR) is 116 cm³/mol. The molecule has 27 heavy (non-hydrogen) atoms. The molecule has 1 aromatic carbocycles. The van der Waals surface area contributed by atoms with Crippen LogP contribution in [0, 0.1) is 11.2 Å². The fourth-order valence-corrected chi connectivity index (χ4v) is 4.04. The third kappa shape index (κ3) is 6.20. The molecular formula is C20H31FIN3O2. The van der Waals surface area contributed by atoms with Crippen LogP contribution in [0.25, 0.3) is 0 Å². The Hall–Kier alpha value is -1.09. The first-order chi connectivity index (χ1) is 12.6. The van der Waals surface area contributed by atoms with Gasteiger partial charge >= 0.3 is 0 Å². The van der Waals surface area contributed by atoms with Gasteiger partial charge in [0.25, 0.3) is 0 Å². The number of hydrogen-bond acceptors (Lipinski definition) is 3. The maximum Gasteiger partial charge on any atom is 0.194 e. The quantitative estimate of drug-likeness (QED) is 0.364. The highest BCUT2D eigenvalue weighted by Crippen LogP contribution is 2.45. The number of aliphatic hydroxyl groups is 1. The van der Waals surface area contributed by atoms with Crippen molar-refractivity contribution in [1.82, 2.24) is 10.2 Å². The molecule has 1 heterocycles. The number of halogens is 2. The predicted octanol–water partition coefficient (Wildman–Crippen LogP) is 3.42. The summed E-state index contributed by atoms with van der Waals surface area (Å²) in [7, 11) is 0. The summed E-state index contributed by atoms with van der Waals surface area (Å²) in [5.74, 6) is 1.13. The van der Waals surface area contributed by atoms with Crippen molar-refractivity contribution in [2.45, 2.75) is 45.1 Å². The van der Waals surface area contributed by atoms with Crippen molar-refractivity contribution in [3.8, 4) is 5.75 Å². The Morgan fingerprint density at radius 2 is 2.00 bits per heavy atom. The summed E-state index contributed by atoms with van der Waals surface area (Å²) >= 11 is 0. The van der Waals surface area contributed by atoms with Crippen molar-refractivity contribution in [2.75, 3.05) is 32.8 Å². The third-order valence-corrected chi connectivity index (χ3v) is 5.44. The highest BCUT2D eigenvalue weighted by molar-refractivity contribution is 14.0. The minimum absolute atomic E-state index is 0. The van der Waals surface area contributed by atoms with Gasteiger partial charge in [-0.2, -0.15) is 0 Å². The Kier molecular flexibility index (Phi) is 8.60. The number of aliphatic hydroxyl groups excluding tert-OH is 1. The van der Waals surface area contributed by atoms with Gasteiger partial charge in [0.2, 0.25) is 0 Å². The Bertz CT molecular complexity index is 606. The van der Waals surface area contributed by atoms with Gasteiger partial charge in [0.15, 0.2) is 5.96 Å². The van der Waals surface area contributed by atoms with Gasteiger partial charge < -0.3 is 20.1 Å². The van der Waals surface area contributed by atoms with E-state index in [9.17, 15) is 9.50 Å². The van der Waals surface area contributed by atoms with Crippen LogP contribution in [0.2, 0.25) is 0 Å². The summed E-state index contributed by atoms with van der Waals surface area (Å²) in [4.78, 5) is 6.95. The van der Waals surface area contributed by atoms with Crippen LogP contribution in [-0.2, 0) is 0 Å². The molecule has 1 aliphatic carbocycles. The molecule has 1 saturated carbocycles. The van der Waals surface area contributed by atoms with E-state index in [4.69, 9.17) is 4.74 Å². The van der Waals surface area contributed by atoms with Crippen LogP contribution in [0.3, 0.4) is 0 Å². The maximum absolute atomic E-state index is 12.9. The van der Waals surface area contributed by atoms with Gasteiger partial charge in [0, 0.05) is 19.6 Å². The first-order valence-corrected chi connectivity index (χ1v) is 9.70. The van der Waals surface area contributed by atoms with Crippen LogP contribution in [0.15, 0.2) is 29.3 Å². The Balaban J connectivity index is 0.00000261. The second-order valence-electron chi connectivity index (χ2n) is 7.49. The van der Waals surface area contributed by atoms with Crippen molar-refractivity contribution in [3.05, 3.63) is 30.1 Å². The first kappa shape index (κ1) is 22.2. The molecule has 152 valence electrons. The number of nitrogens with one attached hydrogen (secondary N) is 1. The second kappa shape index (κ2) is 10.5. The average Bonchev–Trinajstić information content (AvgIpc) is 3.28.